The Morgan fingerprint density at radius 2 is 2.00 bits per heavy atom. The molecule has 3 heterocycles. The van der Waals surface area contributed by atoms with Crippen molar-refractivity contribution < 1.29 is 14.3 Å². The molecule has 0 aliphatic carbocycles. The van der Waals surface area contributed by atoms with Crippen molar-refractivity contribution in [2.75, 3.05) is 52.5 Å². The van der Waals surface area contributed by atoms with Gasteiger partial charge in [0.1, 0.15) is 0 Å². The van der Waals surface area contributed by atoms with E-state index < -0.39 is 0 Å². The normalized spacial score (nSPS) is 22.3. The average Bonchev–Trinajstić information content (AvgIpc) is 2.93. The van der Waals surface area contributed by atoms with Crippen LogP contribution >= 0.6 is 0 Å². The predicted molar refractivity (Wildman–Crippen MR) is 99.3 cm³/mol. The minimum absolute atomic E-state index is 0.0488. The van der Waals surface area contributed by atoms with Crippen molar-refractivity contribution in [2.24, 2.45) is 0 Å². The van der Waals surface area contributed by atoms with Gasteiger partial charge in [-0.2, -0.15) is 0 Å². The van der Waals surface area contributed by atoms with Crippen LogP contribution in [0.1, 0.15) is 16.8 Å². The first-order valence-corrected chi connectivity index (χ1v) is 9.36. The largest absolute Gasteiger partial charge is 0.379 e. The molecule has 0 bridgehead atoms. The molecular formula is C20H25N3O3. The summed E-state index contributed by atoms with van der Waals surface area (Å²) in [5, 5.41) is 0.912. The number of hydrogen-bond donors (Lipinski definition) is 0. The van der Waals surface area contributed by atoms with Crippen molar-refractivity contribution >= 4 is 16.8 Å². The number of benzene rings is 1. The summed E-state index contributed by atoms with van der Waals surface area (Å²) >= 11 is 0. The Labute approximate surface area is 153 Å². The zero-order chi connectivity index (χ0) is 17.8. The minimum atomic E-state index is 0.0488. The first-order valence-electron chi connectivity index (χ1n) is 9.36. The minimum Gasteiger partial charge on any atom is -0.379 e. The Morgan fingerprint density at radius 1 is 1.12 bits per heavy atom. The molecule has 2 fully saturated rings. The van der Waals surface area contributed by atoms with Crippen LogP contribution in [0.15, 0.2) is 36.5 Å². The summed E-state index contributed by atoms with van der Waals surface area (Å²) in [5.74, 6) is 0.0704. The number of ether oxygens (including phenoxy) is 2. The van der Waals surface area contributed by atoms with Crippen molar-refractivity contribution in [2.45, 2.75) is 12.5 Å². The van der Waals surface area contributed by atoms with E-state index in [-0.39, 0.29) is 12.0 Å². The number of carbonyl (C=O) groups is 1. The molecule has 4 rings (SSSR count). The third kappa shape index (κ3) is 3.87. The fourth-order valence-electron chi connectivity index (χ4n) is 3.72. The van der Waals surface area contributed by atoms with Crippen LogP contribution in [-0.2, 0) is 9.47 Å². The second-order valence-electron chi connectivity index (χ2n) is 6.89. The second kappa shape index (κ2) is 8.12. The molecule has 138 valence electrons. The van der Waals surface area contributed by atoms with Gasteiger partial charge in [-0.25, -0.2) is 0 Å². The lowest BCUT2D eigenvalue weighted by atomic mass is 10.1. The van der Waals surface area contributed by atoms with Gasteiger partial charge >= 0.3 is 0 Å². The molecule has 1 atom stereocenters. The number of fused-ring (bicyclic) bond motifs is 1. The Morgan fingerprint density at radius 3 is 2.88 bits per heavy atom. The molecule has 2 aromatic rings. The van der Waals surface area contributed by atoms with E-state index >= 15 is 0 Å². The Balaban J connectivity index is 1.50. The molecule has 2 aliphatic rings. The van der Waals surface area contributed by atoms with E-state index in [0.717, 1.165) is 62.3 Å². The number of hydrogen-bond acceptors (Lipinski definition) is 5. The quantitative estimate of drug-likeness (QED) is 0.840. The molecule has 26 heavy (non-hydrogen) atoms. The zero-order valence-corrected chi connectivity index (χ0v) is 15.0. The third-order valence-electron chi connectivity index (χ3n) is 5.08. The third-order valence-corrected chi connectivity index (χ3v) is 5.08. The van der Waals surface area contributed by atoms with E-state index in [9.17, 15) is 4.79 Å². The molecule has 2 saturated heterocycles. The van der Waals surface area contributed by atoms with Crippen LogP contribution in [0.2, 0.25) is 0 Å². The molecule has 1 aromatic carbocycles. The summed E-state index contributed by atoms with van der Waals surface area (Å²) < 4.78 is 11.4. The lowest BCUT2D eigenvalue weighted by molar-refractivity contribution is -0.0112. The molecule has 6 nitrogen and oxygen atoms in total. The molecule has 0 spiro atoms. The predicted octanol–water partition coefficient (Wildman–Crippen LogP) is 1.80. The molecule has 2 aliphatic heterocycles. The molecule has 6 heteroatoms. The van der Waals surface area contributed by atoms with Gasteiger partial charge in [0.15, 0.2) is 0 Å². The zero-order valence-electron chi connectivity index (χ0n) is 15.0. The van der Waals surface area contributed by atoms with Gasteiger partial charge in [0, 0.05) is 56.5 Å². The van der Waals surface area contributed by atoms with E-state index in [1.807, 2.05) is 35.2 Å². The van der Waals surface area contributed by atoms with Gasteiger partial charge in [0.2, 0.25) is 0 Å². The molecule has 0 radical (unpaired) electrons. The van der Waals surface area contributed by atoms with Gasteiger partial charge in [-0.3, -0.25) is 14.7 Å². The maximum Gasteiger partial charge on any atom is 0.254 e. The number of aromatic nitrogens is 1. The number of pyridine rings is 1. The number of morpholine rings is 1. The number of carbonyl (C=O) groups excluding carboxylic acids is 1. The first-order chi connectivity index (χ1) is 12.8. The Bertz CT molecular complexity index is 756. The van der Waals surface area contributed by atoms with Gasteiger partial charge in [0.25, 0.3) is 5.91 Å². The fourth-order valence-corrected chi connectivity index (χ4v) is 3.72. The SMILES string of the molecule is O=C(c1cccc2ncccc12)N1CCCO[C@@H](CN2CCOCC2)C1. The molecule has 1 aromatic heterocycles. The lowest BCUT2D eigenvalue weighted by Crippen LogP contribution is -2.45. The molecular weight excluding hydrogens is 330 g/mol. The summed E-state index contributed by atoms with van der Waals surface area (Å²) in [4.78, 5) is 21.9. The monoisotopic (exact) mass is 355 g/mol. The smallest absolute Gasteiger partial charge is 0.254 e. The average molecular weight is 355 g/mol. The Kier molecular flexibility index (Phi) is 5.43. The van der Waals surface area contributed by atoms with Crippen LogP contribution in [0, 0.1) is 0 Å². The standard InChI is InChI=1S/C20H25N3O3/c24-20(18-4-1-6-19-17(18)5-2-7-21-19)23-8-3-11-26-16(15-23)14-22-9-12-25-13-10-22/h1-2,4-7,16H,3,8-15H2/t16-/m0/s1. The van der Waals surface area contributed by atoms with Crippen molar-refractivity contribution in [3.63, 3.8) is 0 Å². The van der Waals surface area contributed by atoms with Crippen LogP contribution in [0.3, 0.4) is 0 Å². The second-order valence-corrected chi connectivity index (χ2v) is 6.89. The summed E-state index contributed by atoms with van der Waals surface area (Å²) in [6.07, 6.45) is 2.68. The van der Waals surface area contributed by atoms with E-state index in [2.05, 4.69) is 9.88 Å². The van der Waals surface area contributed by atoms with Crippen molar-refractivity contribution in [3.05, 3.63) is 42.1 Å². The van der Waals surface area contributed by atoms with Crippen molar-refractivity contribution in [1.82, 2.24) is 14.8 Å². The first kappa shape index (κ1) is 17.4. The van der Waals surface area contributed by atoms with Crippen LogP contribution in [0.5, 0.6) is 0 Å². The summed E-state index contributed by atoms with van der Waals surface area (Å²) in [6, 6.07) is 9.59. The Hall–Kier alpha value is -2.02. The van der Waals surface area contributed by atoms with Gasteiger partial charge in [0.05, 0.1) is 24.8 Å². The molecule has 1 amide bonds. The van der Waals surface area contributed by atoms with Crippen molar-refractivity contribution in [1.29, 1.82) is 0 Å². The number of amides is 1. The molecule has 0 unspecified atom stereocenters. The van der Waals surface area contributed by atoms with Gasteiger partial charge in [-0.15, -0.1) is 0 Å². The topological polar surface area (TPSA) is 54.9 Å². The van der Waals surface area contributed by atoms with E-state index in [0.29, 0.717) is 13.2 Å². The van der Waals surface area contributed by atoms with E-state index in [4.69, 9.17) is 9.47 Å². The van der Waals surface area contributed by atoms with Gasteiger partial charge in [-0.05, 0) is 24.6 Å². The van der Waals surface area contributed by atoms with Crippen LogP contribution < -0.4 is 0 Å². The number of rotatable bonds is 3. The van der Waals surface area contributed by atoms with Crippen LogP contribution in [0.25, 0.3) is 10.9 Å². The molecule has 0 N–H and O–H groups in total. The highest BCUT2D eigenvalue weighted by molar-refractivity contribution is 6.06. The van der Waals surface area contributed by atoms with Crippen LogP contribution in [-0.4, -0.2) is 79.3 Å². The number of nitrogens with zero attached hydrogens (tertiary/aromatic N) is 3. The maximum absolute atomic E-state index is 13.2. The summed E-state index contributed by atoms with van der Waals surface area (Å²) in [6.45, 7) is 6.34. The van der Waals surface area contributed by atoms with Crippen LogP contribution in [0.4, 0.5) is 0 Å². The van der Waals surface area contributed by atoms with E-state index in [1.54, 1.807) is 6.20 Å². The van der Waals surface area contributed by atoms with Gasteiger partial charge < -0.3 is 14.4 Å². The lowest BCUT2D eigenvalue weighted by Gasteiger charge is -2.31. The van der Waals surface area contributed by atoms with Gasteiger partial charge in [-0.1, -0.05) is 12.1 Å². The molecule has 0 saturated carbocycles. The summed E-state index contributed by atoms with van der Waals surface area (Å²) in [5.41, 5.74) is 1.58. The maximum atomic E-state index is 13.2. The highest BCUT2D eigenvalue weighted by Gasteiger charge is 2.26. The summed E-state index contributed by atoms with van der Waals surface area (Å²) in [7, 11) is 0. The van der Waals surface area contributed by atoms with E-state index in [1.165, 1.54) is 0 Å². The highest BCUT2D eigenvalue weighted by Crippen LogP contribution is 2.20. The van der Waals surface area contributed by atoms with Crippen molar-refractivity contribution in [3.8, 4) is 0 Å². The highest BCUT2D eigenvalue weighted by atomic mass is 16.5. The fraction of sp³-hybridized carbons (Fsp3) is 0.500.